The maximum absolute atomic E-state index is 12.1. The molecule has 2 aromatic rings. The number of hydrogen-bond acceptors (Lipinski definition) is 5. The Morgan fingerprint density at radius 3 is 2.76 bits per heavy atom. The standard InChI is InChI=1S/C18H20ClNO4S/c1-11(14-6-4-5-7-16(14)19)20-17(21)10-25-9-13-8-15(12(2)24-13)18(22)23-3/h4-8,11H,9-10H2,1-3H3,(H,20,21)/t11-/m1/s1. The number of carbonyl (C=O) groups excluding carboxylic acids is 2. The third kappa shape index (κ3) is 5.28. The minimum absolute atomic E-state index is 0.0890. The van der Waals surface area contributed by atoms with Crippen LogP contribution in [0.15, 0.2) is 34.7 Å². The molecule has 1 aromatic heterocycles. The average Bonchev–Trinajstić information content (AvgIpc) is 2.95. The van der Waals surface area contributed by atoms with Crippen LogP contribution in [0.5, 0.6) is 0 Å². The predicted molar refractivity (Wildman–Crippen MR) is 99.0 cm³/mol. The molecular formula is C18H20ClNO4S. The number of nitrogens with one attached hydrogen (secondary N) is 1. The summed E-state index contributed by atoms with van der Waals surface area (Å²) in [6, 6.07) is 8.91. The van der Waals surface area contributed by atoms with Crippen LogP contribution in [0.25, 0.3) is 0 Å². The van der Waals surface area contributed by atoms with Crippen LogP contribution in [0.2, 0.25) is 5.02 Å². The van der Waals surface area contributed by atoms with Gasteiger partial charge in [0.25, 0.3) is 0 Å². The Balaban J connectivity index is 1.83. The molecule has 0 aliphatic rings. The van der Waals surface area contributed by atoms with Crippen LogP contribution in [0.1, 0.15) is 40.4 Å². The summed E-state index contributed by atoms with van der Waals surface area (Å²) in [7, 11) is 1.33. The molecule has 134 valence electrons. The lowest BCUT2D eigenvalue weighted by Crippen LogP contribution is -2.28. The number of methoxy groups -OCH3 is 1. The van der Waals surface area contributed by atoms with Crippen molar-refractivity contribution in [3.63, 3.8) is 0 Å². The minimum Gasteiger partial charge on any atom is -0.465 e. The summed E-state index contributed by atoms with van der Waals surface area (Å²) in [4.78, 5) is 23.6. The summed E-state index contributed by atoms with van der Waals surface area (Å²) in [5.41, 5.74) is 1.29. The van der Waals surface area contributed by atoms with Gasteiger partial charge in [-0.3, -0.25) is 4.79 Å². The molecule has 1 aromatic carbocycles. The van der Waals surface area contributed by atoms with Crippen LogP contribution in [0.3, 0.4) is 0 Å². The number of carbonyl (C=O) groups is 2. The van der Waals surface area contributed by atoms with Crippen molar-refractivity contribution in [3.8, 4) is 0 Å². The Bertz CT molecular complexity index is 759. The van der Waals surface area contributed by atoms with Crippen molar-refractivity contribution in [1.29, 1.82) is 0 Å². The molecule has 0 saturated heterocycles. The van der Waals surface area contributed by atoms with Crippen molar-refractivity contribution < 1.29 is 18.7 Å². The van der Waals surface area contributed by atoms with E-state index in [2.05, 4.69) is 10.1 Å². The molecule has 1 heterocycles. The van der Waals surface area contributed by atoms with Crippen molar-refractivity contribution in [1.82, 2.24) is 5.32 Å². The van der Waals surface area contributed by atoms with E-state index in [9.17, 15) is 9.59 Å². The molecule has 0 unspecified atom stereocenters. The van der Waals surface area contributed by atoms with E-state index in [1.807, 2.05) is 25.1 Å². The van der Waals surface area contributed by atoms with Gasteiger partial charge in [0, 0.05) is 5.02 Å². The molecule has 0 saturated carbocycles. The number of benzene rings is 1. The Hall–Kier alpha value is -1.92. The van der Waals surface area contributed by atoms with E-state index in [4.69, 9.17) is 16.0 Å². The van der Waals surface area contributed by atoms with Crippen LogP contribution in [0.4, 0.5) is 0 Å². The molecule has 25 heavy (non-hydrogen) atoms. The molecule has 0 bridgehead atoms. The monoisotopic (exact) mass is 381 g/mol. The molecule has 0 spiro atoms. The normalized spacial score (nSPS) is 11.8. The van der Waals surface area contributed by atoms with Gasteiger partial charge in [-0.05, 0) is 31.5 Å². The lowest BCUT2D eigenvalue weighted by atomic mass is 10.1. The molecule has 1 N–H and O–H groups in total. The van der Waals surface area contributed by atoms with E-state index in [1.165, 1.54) is 18.9 Å². The highest BCUT2D eigenvalue weighted by Gasteiger charge is 2.16. The van der Waals surface area contributed by atoms with E-state index in [1.54, 1.807) is 19.1 Å². The van der Waals surface area contributed by atoms with E-state index in [0.717, 1.165) is 5.56 Å². The maximum atomic E-state index is 12.1. The Labute approximate surface area is 156 Å². The van der Waals surface area contributed by atoms with Gasteiger partial charge >= 0.3 is 5.97 Å². The third-order valence-electron chi connectivity index (χ3n) is 3.60. The molecule has 7 heteroatoms. The highest BCUT2D eigenvalue weighted by atomic mass is 35.5. The van der Waals surface area contributed by atoms with Gasteiger partial charge < -0.3 is 14.5 Å². The topological polar surface area (TPSA) is 68.5 Å². The van der Waals surface area contributed by atoms with E-state index in [-0.39, 0.29) is 17.7 Å². The second kappa shape index (κ2) is 8.97. The third-order valence-corrected chi connectivity index (χ3v) is 4.90. The summed E-state index contributed by atoms with van der Waals surface area (Å²) >= 11 is 7.54. The maximum Gasteiger partial charge on any atom is 0.341 e. The van der Waals surface area contributed by atoms with Gasteiger partial charge in [0.15, 0.2) is 0 Å². The van der Waals surface area contributed by atoms with E-state index < -0.39 is 5.97 Å². The highest BCUT2D eigenvalue weighted by Crippen LogP contribution is 2.23. The molecule has 1 amide bonds. The Morgan fingerprint density at radius 2 is 2.08 bits per heavy atom. The SMILES string of the molecule is COC(=O)c1cc(CSCC(=O)N[C@H](C)c2ccccc2Cl)oc1C. The summed E-state index contributed by atoms with van der Waals surface area (Å²) in [6.07, 6.45) is 0. The van der Waals surface area contributed by atoms with Gasteiger partial charge in [0.05, 0.1) is 24.7 Å². The zero-order chi connectivity index (χ0) is 18.4. The van der Waals surface area contributed by atoms with Gasteiger partial charge in [-0.15, -0.1) is 11.8 Å². The molecule has 0 radical (unpaired) electrons. The minimum atomic E-state index is -0.427. The van der Waals surface area contributed by atoms with Crippen LogP contribution >= 0.6 is 23.4 Å². The fourth-order valence-corrected chi connectivity index (χ4v) is 3.37. The van der Waals surface area contributed by atoms with E-state index >= 15 is 0 Å². The summed E-state index contributed by atoms with van der Waals surface area (Å²) in [5.74, 6) is 1.40. The quantitative estimate of drug-likeness (QED) is 0.730. The first-order valence-corrected chi connectivity index (χ1v) is 9.24. The first-order chi connectivity index (χ1) is 11.9. The highest BCUT2D eigenvalue weighted by molar-refractivity contribution is 7.99. The number of aryl methyl sites for hydroxylation is 1. The van der Waals surface area contributed by atoms with Crippen LogP contribution in [-0.4, -0.2) is 24.7 Å². The van der Waals surface area contributed by atoms with Crippen molar-refractivity contribution >= 4 is 35.2 Å². The number of ether oxygens (including phenoxy) is 1. The first-order valence-electron chi connectivity index (χ1n) is 7.71. The smallest absolute Gasteiger partial charge is 0.341 e. The zero-order valence-electron chi connectivity index (χ0n) is 14.3. The molecule has 2 rings (SSSR count). The Morgan fingerprint density at radius 1 is 1.36 bits per heavy atom. The number of halogens is 1. The second-order valence-corrected chi connectivity index (χ2v) is 6.87. The largest absolute Gasteiger partial charge is 0.465 e. The lowest BCUT2D eigenvalue weighted by Gasteiger charge is -2.15. The van der Waals surface area contributed by atoms with Crippen LogP contribution in [-0.2, 0) is 15.3 Å². The Kier molecular flexibility index (Phi) is 6.96. The van der Waals surface area contributed by atoms with Gasteiger partial charge in [0.2, 0.25) is 5.91 Å². The molecule has 0 fully saturated rings. The van der Waals surface area contributed by atoms with Gasteiger partial charge in [-0.2, -0.15) is 0 Å². The number of furan rings is 1. The van der Waals surface area contributed by atoms with Crippen molar-refractivity contribution in [2.75, 3.05) is 12.9 Å². The fraction of sp³-hybridized carbons (Fsp3) is 0.333. The molecule has 5 nitrogen and oxygen atoms in total. The van der Waals surface area contributed by atoms with Crippen molar-refractivity contribution in [2.45, 2.75) is 25.6 Å². The first kappa shape index (κ1) is 19.4. The fourth-order valence-electron chi connectivity index (χ4n) is 2.36. The van der Waals surface area contributed by atoms with Crippen LogP contribution < -0.4 is 5.32 Å². The molecule has 0 aliphatic carbocycles. The molecular weight excluding hydrogens is 362 g/mol. The molecule has 0 aliphatic heterocycles. The lowest BCUT2D eigenvalue weighted by molar-refractivity contribution is -0.119. The van der Waals surface area contributed by atoms with E-state index in [0.29, 0.717) is 27.9 Å². The number of amides is 1. The molecule has 1 atom stereocenters. The summed E-state index contributed by atoms with van der Waals surface area (Å²) < 4.78 is 10.2. The number of thioether (sulfide) groups is 1. The average molecular weight is 382 g/mol. The predicted octanol–water partition coefficient (Wildman–Crippen LogP) is 4.14. The second-order valence-electron chi connectivity index (χ2n) is 5.48. The summed E-state index contributed by atoms with van der Waals surface area (Å²) in [5, 5.41) is 3.55. The van der Waals surface area contributed by atoms with Crippen molar-refractivity contribution in [3.05, 3.63) is 58.0 Å². The van der Waals surface area contributed by atoms with Gasteiger partial charge in [0.1, 0.15) is 17.1 Å². The van der Waals surface area contributed by atoms with Crippen molar-refractivity contribution in [2.24, 2.45) is 0 Å². The zero-order valence-corrected chi connectivity index (χ0v) is 15.9. The number of esters is 1. The number of hydrogen-bond donors (Lipinski definition) is 1. The van der Waals surface area contributed by atoms with Crippen LogP contribution in [0, 0.1) is 6.92 Å². The number of rotatable bonds is 7. The summed E-state index contributed by atoms with van der Waals surface area (Å²) in [6.45, 7) is 3.60. The van der Waals surface area contributed by atoms with Gasteiger partial charge in [-0.25, -0.2) is 4.79 Å². The van der Waals surface area contributed by atoms with Gasteiger partial charge in [-0.1, -0.05) is 29.8 Å².